The van der Waals surface area contributed by atoms with E-state index in [1.54, 1.807) is 0 Å². The van der Waals surface area contributed by atoms with E-state index in [-0.39, 0.29) is 0 Å². The second kappa shape index (κ2) is 4.66. The molecule has 0 N–H and O–H groups in total. The van der Waals surface area contributed by atoms with Crippen molar-refractivity contribution in [2.45, 2.75) is 33.6 Å². The van der Waals surface area contributed by atoms with Gasteiger partial charge in [-0.2, -0.15) is 0 Å². The third-order valence-electron chi connectivity index (χ3n) is 4.54. The SMILES string of the molecule is CN1CCC(CN2CC(C(C)(C)C)C2)CC1. The molecule has 0 unspecified atom stereocenters. The third kappa shape index (κ3) is 2.98. The Kier molecular flexibility index (Phi) is 3.60. The molecule has 0 aromatic heterocycles. The van der Waals surface area contributed by atoms with Gasteiger partial charge in [0.25, 0.3) is 0 Å². The van der Waals surface area contributed by atoms with Gasteiger partial charge in [-0.1, -0.05) is 20.8 Å². The van der Waals surface area contributed by atoms with Crippen LogP contribution in [0.3, 0.4) is 0 Å². The molecular weight excluding hydrogens is 196 g/mol. The van der Waals surface area contributed by atoms with E-state index in [2.05, 4.69) is 37.6 Å². The predicted octanol–water partition coefficient (Wildman–Crippen LogP) is 2.31. The zero-order chi connectivity index (χ0) is 11.8. The summed E-state index contributed by atoms with van der Waals surface area (Å²) < 4.78 is 0. The molecule has 0 atom stereocenters. The minimum atomic E-state index is 0.517. The normalized spacial score (nSPS) is 27.0. The molecule has 0 amide bonds. The quantitative estimate of drug-likeness (QED) is 0.710. The summed E-state index contributed by atoms with van der Waals surface area (Å²) >= 11 is 0. The summed E-state index contributed by atoms with van der Waals surface area (Å²) in [6, 6.07) is 0. The van der Waals surface area contributed by atoms with Crippen LogP contribution >= 0.6 is 0 Å². The first-order valence-corrected chi connectivity index (χ1v) is 6.86. The zero-order valence-corrected chi connectivity index (χ0v) is 11.5. The van der Waals surface area contributed by atoms with Crippen molar-refractivity contribution in [2.75, 3.05) is 39.8 Å². The highest BCUT2D eigenvalue weighted by atomic mass is 15.2. The molecule has 0 bridgehead atoms. The Morgan fingerprint density at radius 3 is 2.12 bits per heavy atom. The van der Waals surface area contributed by atoms with Crippen LogP contribution < -0.4 is 0 Å². The van der Waals surface area contributed by atoms with Crippen molar-refractivity contribution in [1.82, 2.24) is 9.80 Å². The molecule has 2 aliphatic heterocycles. The van der Waals surface area contributed by atoms with Crippen molar-refractivity contribution in [3.05, 3.63) is 0 Å². The lowest BCUT2D eigenvalue weighted by atomic mass is 9.75. The van der Waals surface area contributed by atoms with Crippen LogP contribution in [0.5, 0.6) is 0 Å². The molecule has 0 aliphatic carbocycles. The topological polar surface area (TPSA) is 6.48 Å². The molecule has 2 heterocycles. The lowest BCUT2D eigenvalue weighted by molar-refractivity contribution is 0.00714. The Hall–Kier alpha value is -0.0800. The van der Waals surface area contributed by atoms with E-state index >= 15 is 0 Å². The Balaban J connectivity index is 1.66. The van der Waals surface area contributed by atoms with Crippen LogP contribution in [-0.4, -0.2) is 49.6 Å². The van der Waals surface area contributed by atoms with E-state index in [0.29, 0.717) is 5.41 Å². The molecule has 2 fully saturated rings. The van der Waals surface area contributed by atoms with Crippen molar-refractivity contribution >= 4 is 0 Å². The molecule has 2 nitrogen and oxygen atoms in total. The summed E-state index contributed by atoms with van der Waals surface area (Å²) in [5, 5.41) is 0. The Morgan fingerprint density at radius 1 is 1.06 bits per heavy atom. The van der Waals surface area contributed by atoms with Crippen LogP contribution in [0.4, 0.5) is 0 Å². The molecular formula is C14H28N2. The van der Waals surface area contributed by atoms with Crippen LogP contribution in [0.25, 0.3) is 0 Å². The second-order valence-electron chi connectivity index (χ2n) is 7.03. The van der Waals surface area contributed by atoms with Gasteiger partial charge in [0.15, 0.2) is 0 Å². The third-order valence-corrected chi connectivity index (χ3v) is 4.54. The lowest BCUT2D eigenvalue weighted by Crippen LogP contribution is -2.54. The standard InChI is InChI=1S/C14H28N2/c1-14(2,3)13-10-16(11-13)9-12-5-7-15(4)8-6-12/h12-13H,5-11H2,1-4H3. The fourth-order valence-corrected chi connectivity index (χ4v) is 2.88. The van der Waals surface area contributed by atoms with E-state index < -0.39 is 0 Å². The molecule has 0 saturated carbocycles. The van der Waals surface area contributed by atoms with Gasteiger partial charge in [-0.3, -0.25) is 0 Å². The van der Waals surface area contributed by atoms with E-state index in [1.807, 2.05) is 0 Å². The zero-order valence-electron chi connectivity index (χ0n) is 11.5. The fourth-order valence-electron chi connectivity index (χ4n) is 2.88. The predicted molar refractivity (Wildman–Crippen MR) is 69.6 cm³/mol. The van der Waals surface area contributed by atoms with Crippen LogP contribution in [-0.2, 0) is 0 Å². The summed E-state index contributed by atoms with van der Waals surface area (Å²) in [4.78, 5) is 5.14. The number of likely N-dealkylation sites (tertiary alicyclic amines) is 2. The average molecular weight is 224 g/mol. The van der Waals surface area contributed by atoms with Gasteiger partial charge in [0, 0.05) is 19.6 Å². The molecule has 2 saturated heterocycles. The fraction of sp³-hybridized carbons (Fsp3) is 1.00. The van der Waals surface area contributed by atoms with Gasteiger partial charge in [-0.25, -0.2) is 0 Å². The monoisotopic (exact) mass is 224 g/mol. The first-order valence-electron chi connectivity index (χ1n) is 6.86. The maximum absolute atomic E-state index is 2.67. The summed E-state index contributed by atoms with van der Waals surface area (Å²) in [6.45, 7) is 13.8. The van der Waals surface area contributed by atoms with E-state index in [1.165, 1.54) is 45.6 Å². The number of piperidine rings is 1. The van der Waals surface area contributed by atoms with Crippen LogP contribution in [0.2, 0.25) is 0 Å². The molecule has 94 valence electrons. The van der Waals surface area contributed by atoms with E-state index in [9.17, 15) is 0 Å². The van der Waals surface area contributed by atoms with Crippen molar-refractivity contribution < 1.29 is 0 Å². The van der Waals surface area contributed by atoms with Gasteiger partial charge >= 0.3 is 0 Å². The van der Waals surface area contributed by atoms with Crippen molar-refractivity contribution in [3.63, 3.8) is 0 Å². The van der Waals surface area contributed by atoms with Gasteiger partial charge in [-0.15, -0.1) is 0 Å². The van der Waals surface area contributed by atoms with Gasteiger partial charge in [0.2, 0.25) is 0 Å². The van der Waals surface area contributed by atoms with Gasteiger partial charge in [-0.05, 0) is 50.2 Å². The Morgan fingerprint density at radius 2 is 1.62 bits per heavy atom. The highest BCUT2D eigenvalue weighted by Crippen LogP contribution is 2.34. The molecule has 0 radical (unpaired) electrons. The summed E-state index contributed by atoms with van der Waals surface area (Å²) in [7, 11) is 2.25. The molecule has 2 heteroatoms. The number of hydrogen-bond donors (Lipinski definition) is 0. The summed E-state index contributed by atoms with van der Waals surface area (Å²) in [6.07, 6.45) is 2.82. The smallest absolute Gasteiger partial charge is 0.00272 e. The largest absolute Gasteiger partial charge is 0.306 e. The first-order chi connectivity index (χ1) is 7.45. The highest BCUT2D eigenvalue weighted by Gasteiger charge is 2.36. The van der Waals surface area contributed by atoms with Crippen LogP contribution in [0.15, 0.2) is 0 Å². The lowest BCUT2D eigenvalue weighted by Gasteiger charge is -2.48. The van der Waals surface area contributed by atoms with Crippen LogP contribution in [0.1, 0.15) is 33.6 Å². The molecule has 16 heavy (non-hydrogen) atoms. The van der Waals surface area contributed by atoms with Crippen LogP contribution in [0, 0.1) is 17.3 Å². The molecule has 2 rings (SSSR count). The Labute approximate surface area is 101 Å². The van der Waals surface area contributed by atoms with E-state index in [0.717, 1.165) is 11.8 Å². The van der Waals surface area contributed by atoms with Gasteiger partial charge < -0.3 is 9.80 Å². The van der Waals surface area contributed by atoms with Crippen molar-refractivity contribution in [2.24, 2.45) is 17.3 Å². The maximum atomic E-state index is 2.67. The molecule has 0 aromatic carbocycles. The molecule has 0 aromatic rings. The maximum Gasteiger partial charge on any atom is 0.00272 e. The molecule has 2 aliphatic rings. The number of nitrogens with zero attached hydrogens (tertiary/aromatic N) is 2. The van der Waals surface area contributed by atoms with Gasteiger partial charge in [0.05, 0.1) is 0 Å². The minimum absolute atomic E-state index is 0.517. The van der Waals surface area contributed by atoms with Gasteiger partial charge in [0.1, 0.15) is 0 Å². The van der Waals surface area contributed by atoms with Crippen molar-refractivity contribution in [1.29, 1.82) is 0 Å². The average Bonchev–Trinajstić information content (AvgIpc) is 2.11. The highest BCUT2D eigenvalue weighted by molar-refractivity contribution is 4.89. The second-order valence-corrected chi connectivity index (χ2v) is 7.03. The number of hydrogen-bond acceptors (Lipinski definition) is 2. The summed E-state index contributed by atoms with van der Waals surface area (Å²) in [5.74, 6) is 1.90. The number of rotatable bonds is 2. The van der Waals surface area contributed by atoms with E-state index in [4.69, 9.17) is 0 Å². The Bertz CT molecular complexity index is 217. The minimum Gasteiger partial charge on any atom is -0.306 e. The van der Waals surface area contributed by atoms with Crippen molar-refractivity contribution in [3.8, 4) is 0 Å². The molecule has 0 spiro atoms. The first kappa shape index (κ1) is 12.4. The summed E-state index contributed by atoms with van der Waals surface area (Å²) in [5.41, 5.74) is 0.517.